The van der Waals surface area contributed by atoms with Crippen LogP contribution >= 0.6 is 11.6 Å². The minimum atomic E-state index is -0.813. The van der Waals surface area contributed by atoms with Gasteiger partial charge < -0.3 is 20.5 Å². The molecule has 1 aromatic rings. The molecule has 3 N–H and O–H groups in total. The number of carbonyl (C=O) groups excluding carboxylic acids is 2. The number of nitrogens with two attached hydrogens (primary N) is 1. The van der Waals surface area contributed by atoms with Gasteiger partial charge in [0.2, 0.25) is 0 Å². The van der Waals surface area contributed by atoms with E-state index in [1.807, 2.05) is 4.57 Å². The van der Waals surface area contributed by atoms with Crippen LogP contribution in [0.3, 0.4) is 0 Å². The van der Waals surface area contributed by atoms with Gasteiger partial charge in [0.25, 0.3) is 5.91 Å². The van der Waals surface area contributed by atoms with Crippen LogP contribution in [-0.4, -0.2) is 33.5 Å². The van der Waals surface area contributed by atoms with Gasteiger partial charge >= 0.3 is 6.03 Å². The standard InChI is InChI=1S/C20H21ClFN5O2/c1-20(5-4-14(22)13(21)8-20)25-19(29)26-6-7-27-15(10-26)16(18(24)28)12(9-23)17(27)11-2-3-11/h4,8,11H,2-3,5-7,10H2,1H3,(H2,24,28)(H,25,29). The maximum atomic E-state index is 13.5. The average Bonchev–Trinajstić information content (AvgIpc) is 3.44. The van der Waals surface area contributed by atoms with Gasteiger partial charge in [-0.15, -0.1) is 0 Å². The molecule has 1 aliphatic heterocycles. The maximum absolute atomic E-state index is 13.5. The molecule has 2 aliphatic carbocycles. The van der Waals surface area contributed by atoms with Gasteiger partial charge in [0.05, 0.1) is 33.9 Å². The van der Waals surface area contributed by atoms with Crippen molar-refractivity contribution >= 4 is 23.5 Å². The second kappa shape index (κ2) is 6.92. The molecule has 4 rings (SSSR count). The lowest BCUT2D eigenvalue weighted by Crippen LogP contribution is -2.52. The minimum Gasteiger partial charge on any atom is -0.366 e. The zero-order valence-corrected chi connectivity index (χ0v) is 16.7. The Bertz CT molecular complexity index is 1020. The Hall–Kier alpha value is -2.79. The summed E-state index contributed by atoms with van der Waals surface area (Å²) in [6, 6.07) is 1.79. The molecule has 7 nitrogen and oxygen atoms in total. The summed E-state index contributed by atoms with van der Waals surface area (Å²) in [4.78, 5) is 26.6. The van der Waals surface area contributed by atoms with Crippen molar-refractivity contribution in [2.45, 2.75) is 50.7 Å². The summed E-state index contributed by atoms with van der Waals surface area (Å²) in [5.41, 5.74) is 6.79. The third-order valence-corrected chi connectivity index (χ3v) is 6.02. The van der Waals surface area contributed by atoms with Crippen molar-refractivity contribution in [3.8, 4) is 6.07 Å². The predicted molar refractivity (Wildman–Crippen MR) is 105 cm³/mol. The summed E-state index contributed by atoms with van der Waals surface area (Å²) >= 11 is 5.88. The van der Waals surface area contributed by atoms with Crippen LogP contribution in [0.25, 0.3) is 0 Å². The Kier molecular flexibility index (Phi) is 4.66. The van der Waals surface area contributed by atoms with E-state index < -0.39 is 17.3 Å². The third kappa shape index (κ3) is 3.40. The predicted octanol–water partition coefficient (Wildman–Crippen LogP) is 3.00. The largest absolute Gasteiger partial charge is 0.366 e. The molecule has 0 bridgehead atoms. The van der Waals surface area contributed by atoms with Crippen LogP contribution in [0.15, 0.2) is 23.0 Å². The lowest BCUT2D eigenvalue weighted by molar-refractivity contribution is 0.0996. The molecule has 1 saturated carbocycles. The number of urea groups is 1. The van der Waals surface area contributed by atoms with Gasteiger partial charge in [0.15, 0.2) is 0 Å². The van der Waals surface area contributed by atoms with E-state index in [-0.39, 0.29) is 35.5 Å². The van der Waals surface area contributed by atoms with Crippen LogP contribution in [0.2, 0.25) is 0 Å². The normalized spacial score (nSPS) is 23.6. The molecule has 9 heteroatoms. The fourth-order valence-corrected chi connectivity index (χ4v) is 4.46. The molecular weight excluding hydrogens is 397 g/mol. The van der Waals surface area contributed by atoms with Crippen molar-refractivity contribution in [3.63, 3.8) is 0 Å². The number of hydrogen-bond donors (Lipinski definition) is 2. The first kappa shape index (κ1) is 19.5. The number of nitriles is 1. The Morgan fingerprint density at radius 2 is 2.14 bits per heavy atom. The first-order valence-corrected chi connectivity index (χ1v) is 9.88. The van der Waals surface area contributed by atoms with Crippen molar-refractivity contribution in [1.29, 1.82) is 5.26 Å². The number of fused-ring (bicyclic) bond motifs is 1. The Morgan fingerprint density at radius 1 is 1.41 bits per heavy atom. The van der Waals surface area contributed by atoms with E-state index in [0.29, 0.717) is 24.3 Å². The van der Waals surface area contributed by atoms with E-state index in [1.54, 1.807) is 11.8 Å². The topological polar surface area (TPSA) is 104 Å². The van der Waals surface area contributed by atoms with Crippen LogP contribution < -0.4 is 11.1 Å². The highest BCUT2D eigenvalue weighted by Crippen LogP contribution is 2.44. The molecule has 0 radical (unpaired) electrons. The van der Waals surface area contributed by atoms with E-state index in [0.717, 1.165) is 18.5 Å². The molecule has 1 atom stereocenters. The molecule has 2 heterocycles. The average molecular weight is 418 g/mol. The van der Waals surface area contributed by atoms with Crippen molar-refractivity contribution in [2.24, 2.45) is 5.73 Å². The number of allylic oxidation sites excluding steroid dienone is 2. The second-order valence-corrected chi connectivity index (χ2v) is 8.41. The fourth-order valence-electron chi connectivity index (χ4n) is 4.14. The molecular formula is C20H21ClFN5O2. The van der Waals surface area contributed by atoms with Gasteiger partial charge in [-0.05, 0) is 38.3 Å². The fraction of sp³-hybridized carbons (Fsp3) is 0.450. The Balaban J connectivity index is 1.60. The highest BCUT2D eigenvalue weighted by atomic mass is 35.5. The summed E-state index contributed by atoms with van der Waals surface area (Å²) in [5, 5.41) is 12.5. The van der Waals surface area contributed by atoms with Crippen molar-refractivity contribution in [1.82, 2.24) is 14.8 Å². The molecule has 1 aromatic heterocycles. The number of primary amides is 1. The summed E-state index contributed by atoms with van der Waals surface area (Å²) in [6.45, 7) is 2.84. The highest BCUT2D eigenvalue weighted by Gasteiger charge is 2.38. The van der Waals surface area contributed by atoms with Gasteiger partial charge in [0.1, 0.15) is 11.9 Å². The van der Waals surface area contributed by atoms with Crippen molar-refractivity contribution in [3.05, 3.63) is 45.5 Å². The third-order valence-electron chi connectivity index (χ3n) is 5.73. The van der Waals surface area contributed by atoms with Gasteiger partial charge in [-0.1, -0.05) is 11.6 Å². The van der Waals surface area contributed by atoms with E-state index in [9.17, 15) is 19.2 Å². The zero-order valence-electron chi connectivity index (χ0n) is 16.0. The highest BCUT2D eigenvalue weighted by molar-refractivity contribution is 6.31. The molecule has 3 aliphatic rings. The Labute approximate surface area is 172 Å². The lowest BCUT2D eigenvalue weighted by atomic mass is 9.93. The monoisotopic (exact) mass is 417 g/mol. The van der Waals surface area contributed by atoms with E-state index in [1.165, 1.54) is 12.2 Å². The summed E-state index contributed by atoms with van der Waals surface area (Å²) in [7, 11) is 0. The molecule has 0 saturated heterocycles. The van der Waals surface area contributed by atoms with Crippen LogP contribution in [0.1, 0.15) is 59.4 Å². The molecule has 3 amide bonds. The van der Waals surface area contributed by atoms with E-state index in [4.69, 9.17) is 17.3 Å². The minimum absolute atomic E-state index is 0.0321. The first-order valence-electron chi connectivity index (χ1n) is 9.50. The summed E-state index contributed by atoms with van der Waals surface area (Å²) in [6.07, 6.45) is 5.08. The SMILES string of the molecule is CC1(NC(=O)N2CCn3c(c(C(N)=O)c(C#N)c3C3CC3)C2)C=C(Cl)C(F)=CC1. The summed E-state index contributed by atoms with van der Waals surface area (Å²) < 4.78 is 15.5. The molecule has 1 fully saturated rings. The first-order chi connectivity index (χ1) is 13.7. The number of rotatable bonds is 3. The molecule has 1 unspecified atom stereocenters. The number of amides is 3. The Morgan fingerprint density at radius 3 is 2.72 bits per heavy atom. The lowest BCUT2D eigenvalue weighted by Gasteiger charge is -2.35. The van der Waals surface area contributed by atoms with Crippen LogP contribution in [0.5, 0.6) is 0 Å². The van der Waals surface area contributed by atoms with Gasteiger partial charge in [0, 0.05) is 24.7 Å². The molecule has 0 spiro atoms. The van der Waals surface area contributed by atoms with E-state index >= 15 is 0 Å². The smallest absolute Gasteiger partial charge is 0.318 e. The number of nitrogens with zero attached hydrogens (tertiary/aromatic N) is 3. The van der Waals surface area contributed by atoms with Crippen LogP contribution in [0, 0.1) is 11.3 Å². The summed E-state index contributed by atoms with van der Waals surface area (Å²) in [5.74, 6) is -0.891. The molecule has 29 heavy (non-hydrogen) atoms. The number of carbonyl (C=O) groups is 2. The number of aromatic nitrogens is 1. The zero-order chi connectivity index (χ0) is 20.9. The van der Waals surface area contributed by atoms with Gasteiger partial charge in [-0.25, -0.2) is 9.18 Å². The second-order valence-electron chi connectivity index (χ2n) is 8.00. The van der Waals surface area contributed by atoms with Crippen molar-refractivity contribution in [2.75, 3.05) is 6.54 Å². The molecule has 152 valence electrons. The van der Waals surface area contributed by atoms with Crippen LogP contribution in [0.4, 0.5) is 9.18 Å². The maximum Gasteiger partial charge on any atom is 0.318 e. The van der Waals surface area contributed by atoms with E-state index in [2.05, 4.69) is 11.4 Å². The molecule has 0 aromatic carbocycles. The number of halogens is 2. The van der Waals surface area contributed by atoms with Gasteiger partial charge in [-0.2, -0.15) is 5.26 Å². The quantitative estimate of drug-likeness (QED) is 0.789. The van der Waals surface area contributed by atoms with Gasteiger partial charge in [-0.3, -0.25) is 4.79 Å². The van der Waals surface area contributed by atoms with Crippen molar-refractivity contribution < 1.29 is 14.0 Å². The number of nitrogens with one attached hydrogen (secondary N) is 1. The van der Waals surface area contributed by atoms with Crippen LogP contribution in [-0.2, 0) is 13.1 Å². The number of hydrogen-bond acceptors (Lipinski definition) is 3.